The Balaban J connectivity index is 2.25. The molecule has 0 amide bonds. The van der Waals surface area contributed by atoms with Gasteiger partial charge in [0.15, 0.2) is 5.54 Å². The lowest BCUT2D eigenvalue weighted by atomic mass is 9.99. The molecule has 104 valence electrons. The highest BCUT2D eigenvalue weighted by Crippen LogP contribution is 2.23. The van der Waals surface area contributed by atoms with Crippen LogP contribution in [-0.2, 0) is 22.4 Å². The topological polar surface area (TPSA) is 97.2 Å². The molecule has 1 aliphatic rings. The number of hydrogen-bond donors (Lipinski definition) is 2. The molecule has 1 aromatic rings. The molecule has 1 atom stereocenters. The highest BCUT2D eigenvalue weighted by molar-refractivity contribution is 5.82. The number of carboxylic acid groups (broad SMARTS) is 1. The molecule has 2 rings (SSSR count). The lowest BCUT2D eigenvalue weighted by Crippen LogP contribution is -2.47. The van der Waals surface area contributed by atoms with E-state index in [1.165, 1.54) is 0 Å². The Hall–Kier alpha value is -1.76. The third kappa shape index (κ3) is 2.65. The minimum Gasteiger partial charge on any atom is -0.479 e. The number of nitrogens with zero attached hydrogens (tertiary/aromatic N) is 3. The number of aryl methyl sites for hydroxylation is 2. The first-order chi connectivity index (χ1) is 9.11. The lowest BCUT2D eigenvalue weighted by molar-refractivity contribution is -0.142. The maximum atomic E-state index is 11.4. The summed E-state index contributed by atoms with van der Waals surface area (Å²) in [5.41, 5.74) is 0.556. The van der Waals surface area contributed by atoms with Crippen LogP contribution in [0.2, 0.25) is 0 Å². The molecular weight excluding hydrogens is 248 g/mol. The predicted molar refractivity (Wildman–Crippen MR) is 68.0 cm³/mol. The van der Waals surface area contributed by atoms with Crippen LogP contribution in [0.25, 0.3) is 0 Å². The van der Waals surface area contributed by atoms with Crippen molar-refractivity contribution in [2.75, 3.05) is 18.5 Å². The quantitative estimate of drug-likeness (QED) is 0.807. The molecule has 0 saturated carbocycles. The van der Waals surface area contributed by atoms with Crippen molar-refractivity contribution in [2.24, 2.45) is 0 Å². The van der Waals surface area contributed by atoms with Crippen LogP contribution in [0, 0.1) is 0 Å². The highest BCUT2D eigenvalue weighted by Gasteiger charge is 2.43. The molecule has 1 aromatic heterocycles. The van der Waals surface area contributed by atoms with Crippen molar-refractivity contribution in [3.05, 3.63) is 11.4 Å². The number of carboxylic acids is 1. The van der Waals surface area contributed by atoms with E-state index in [4.69, 9.17) is 4.74 Å². The Bertz CT molecular complexity index is 472. The van der Waals surface area contributed by atoms with Gasteiger partial charge < -0.3 is 15.2 Å². The molecule has 1 saturated heterocycles. The van der Waals surface area contributed by atoms with Crippen molar-refractivity contribution in [3.8, 4) is 0 Å². The van der Waals surface area contributed by atoms with E-state index in [1.807, 2.05) is 13.8 Å². The molecule has 0 bridgehead atoms. The number of nitrogens with one attached hydrogen (secondary N) is 1. The van der Waals surface area contributed by atoms with Gasteiger partial charge >= 0.3 is 5.97 Å². The van der Waals surface area contributed by atoms with E-state index in [9.17, 15) is 9.90 Å². The van der Waals surface area contributed by atoms with Crippen LogP contribution in [0.4, 0.5) is 5.95 Å². The van der Waals surface area contributed by atoms with E-state index in [-0.39, 0.29) is 12.6 Å². The second-order valence-corrected chi connectivity index (χ2v) is 4.55. The van der Waals surface area contributed by atoms with E-state index >= 15 is 0 Å². The van der Waals surface area contributed by atoms with Gasteiger partial charge in [-0.25, -0.2) is 9.78 Å². The van der Waals surface area contributed by atoms with Crippen LogP contribution < -0.4 is 5.32 Å². The summed E-state index contributed by atoms with van der Waals surface area (Å²) in [6, 6.07) is 0. The van der Waals surface area contributed by atoms with E-state index in [2.05, 4.69) is 20.5 Å². The largest absolute Gasteiger partial charge is 0.479 e. The summed E-state index contributed by atoms with van der Waals surface area (Å²) in [5.74, 6) is -0.701. The lowest BCUT2D eigenvalue weighted by Gasteiger charge is -2.23. The standard InChI is InChI=1S/C12H18N4O3/c1-3-8-9(4-2)15-16-11(13-8)14-12(10(17)18)5-6-19-7-12/h3-7H2,1-2H3,(H,17,18)(H,13,14,16). The summed E-state index contributed by atoms with van der Waals surface area (Å²) in [6.45, 7) is 4.50. The van der Waals surface area contributed by atoms with Crippen LogP contribution in [0.1, 0.15) is 31.7 Å². The third-order valence-electron chi connectivity index (χ3n) is 3.29. The van der Waals surface area contributed by atoms with Gasteiger partial charge in [-0.15, -0.1) is 5.10 Å². The van der Waals surface area contributed by atoms with Gasteiger partial charge in [-0.2, -0.15) is 5.10 Å². The fourth-order valence-electron chi connectivity index (χ4n) is 2.09. The van der Waals surface area contributed by atoms with Crippen LogP contribution in [0.15, 0.2) is 0 Å². The van der Waals surface area contributed by atoms with E-state index in [1.54, 1.807) is 0 Å². The Morgan fingerprint density at radius 3 is 2.63 bits per heavy atom. The SMILES string of the molecule is CCc1nnc(NC2(C(=O)O)CCOC2)nc1CC. The zero-order valence-corrected chi connectivity index (χ0v) is 11.1. The van der Waals surface area contributed by atoms with Gasteiger partial charge in [0.1, 0.15) is 0 Å². The average molecular weight is 266 g/mol. The first kappa shape index (κ1) is 13.7. The molecule has 0 spiro atoms. The number of aromatic nitrogens is 3. The molecule has 0 aliphatic carbocycles. The fourth-order valence-corrected chi connectivity index (χ4v) is 2.09. The summed E-state index contributed by atoms with van der Waals surface area (Å²) in [6.07, 6.45) is 1.89. The number of ether oxygens (including phenoxy) is 1. The van der Waals surface area contributed by atoms with Gasteiger partial charge in [0.25, 0.3) is 0 Å². The maximum absolute atomic E-state index is 11.4. The van der Waals surface area contributed by atoms with Crippen LogP contribution in [-0.4, -0.2) is 45.0 Å². The first-order valence-electron chi connectivity index (χ1n) is 6.43. The molecule has 0 aromatic carbocycles. The second-order valence-electron chi connectivity index (χ2n) is 4.55. The Labute approximate surface area is 111 Å². The summed E-state index contributed by atoms with van der Waals surface area (Å²) in [5, 5.41) is 20.3. The van der Waals surface area contributed by atoms with Gasteiger partial charge in [-0.1, -0.05) is 13.8 Å². The predicted octanol–water partition coefficient (Wildman–Crippen LogP) is 0.652. The van der Waals surface area contributed by atoms with Gasteiger partial charge in [0.2, 0.25) is 5.95 Å². The number of aliphatic carboxylic acids is 1. The van der Waals surface area contributed by atoms with Gasteiger partial charge in [-0.3, -0.25) is 0 Å². The van der Waals surface area contributed by atoms with Crippen LogP contribution >= 0.6 is 0 Å². The van der Waals surface area contributed by atoms with Crippen molar-refractivity contribution in [3.63, 3.8) is 0 Å². The Morgan fingerprint density at radius 1 is 1.37 bits per heavy atom. The molecule has 1 aliphatic heterocycles. The Morgan fingerprint density at radius 2 is 2.11 bits per heavy atom. The molecule has 7 nitrogen and oxygen atoms in total. The van der Waals surface area contributed by atoms with Crippen LogP contribution in [0.5, 0.6) is 0 Å². The second kappa shape index (κ2) is 5.48. The molecule has 7 heteroatoms. The van der Waals surface area contributed by atoms with Crippen molar-refractivity contribution in [1.82, 2.24) is 15.2 Å². The van der Waals surface area contributed by atoms with E-state index < -0.39 is 11.5 Å². The zero-order valence-electron chi connectivity index (χ0n) is 11.1. The molecule has 19 heavy (non-hydrogen) atoms. The number of rotatable bonds is 5. The van der Waals surface area contributed by atoms with Crippen LogP contribution in [0.3, 0.4) is 0 Å². The average Bonchev–Trinajstić information content (AvgIpc) is 2.88. The molecular formula is C12H18N4O3. The molecule has 1 unspecified atom stereocenters. The molecule has 0 radical (unpaired) electrons. The van der Waals surface area contributed by atoms with Gasteiger partial charge in [-0.05, 0) is 12.8 Å². The monoisotopic (exact) mass is 266 g/mol. The summed E-state index contributed by atoms with van der Waals surface area (Å²) >= 11 is 0. The number of anilines is 1. The van der Waals surface area contributed by atoms with E-state index in [0.717, 1.165) is 24.2 Å². The summed E-state index contributed by atoms with van der Waals surface area (Å²) in [7, 11) is 0. The van der Waals surface area contributed by atoms with Crippen molar-refractivity contribution >= 4 is 11.9 Å². The highest BCUT2D eigenvalue weighted by atomic mass is 16.5. The Kier molecular flexibility index (Phi) is 3.94. The fraction of sp³-hybridized carbons (Fsp3) is 0.667. The smallest absolute Gasteiger partial charge is 0.331 e. The van der Waals surface area contributed by atoms with Gasteiger partial charge in [0, 0.05) is 13.0 Å². The molecule has 2 N–H and O–H groups in total. The minimum atomic E-state index is -1.14. The number of carbonyl (C=O) groups is 1. The van der Waals surface area contributed by atoms with Gasteiger partial charge in [0.05, 0.1) is 18.0 Å². The zero-order chi connectivity index (χ0) is 13.9. The minimum absolute atomic E-state index is 0.114. The number of hydrogen-bond acceptors (Lipinski definition) is 6. The van der Waals surface area contributed by atoms with Crippen molar-refractivity contribution in [2.45, 2.75) is 38.6 Å². The maximum Gasteiger partial charge on any atom is 0.331 e. The van der Waals surface area contributed by atoms with Crippen molar-refractivity contribution in [1.29, 1.82) is 0 Å². The molecule has 1 fully saturated rings. The summed E-state index contributed by atoms with van der Waals surface area (Å²) in [4.78, 5) is 15.7. The normalized spacial score (nSPS) is 22.4. The summed E-state index contributed by atoms with van der Waals surface area (Å²) < 4.78 is 5.18. The molecule has 2 heterocycles. The van der Waals surface area contributed by atoms with Crippen molar-refractivity contribution < 1.29 is 14.6 Å². The van der Waals surface area contributed by atoms with E-state index in [0.29, 0.717) is 13.0 Å². The third-order valence-corrected chi connectivity index (χ3v) is 3.29. The first-order valence-corrected chi connectivity index (χ1v) is 6.43.